The SMILES string of the molecule is C#CC(c1ccccc1)C(C)(c1ccccc1)c1ccc(OCCN(C)C)cc1. The molecule has 0 bridgehead atoms. The lowest BCUT2D eigenvalue weighted by molar-refractivity contribution is 0.261. The number of ether oxygens (including phenoxy) is 1. The smallest absolute Gasteiger partial charge is 0.119 e. The predicted octanol–water partition coefficient (Wildman–Crippen LogP) is 5.35. The maximum Gasteiger partial charge on any atom is 0.119 e. The first-order valence-electron chi connectivity index (χ1n) is 10.0. The van der Waals surface area contributed by atoms with E-state index in [0.717, 1.165) is 17.9 Å². The molecule has 3 rings (SSSR count). The summed E-state index contributed by atoms with van der Waals surface area (Å²) in [5, 5.41) is 0. The van der Waals surface area contributed by atoms with E-state index in [1.54, 1.807) is 0 Å². The second-order valence-electron chi connectivity index (χ2n) is 7.75. The van der Waals surface area contributed by atoms with Crippen LogP contribution in [0.15, 0.2) is 84.9 Å². The van der Waals surface area contributed by atoms with Gasteiger partial charge in [-0.1, -0.05) is 78.7 Å². The summed E-state index contributed by atoms with van der Waals surface area (Å²) in [6, 6.07) is 29.2. The van der Waals surface area contributed by atoms with Crippen LogP contribution >= 0.6 is 0 Å². The molecular weight excluding hydrogens is 354 g/mol. The van der Waals surface area contributed by atoms with E-state index in [1.807, 2.05) is 50.5 Å². The number of terminal acetylenes is 1. The number of hydrogen-bond donors (Lipinski definition) is 0. The highest BCUT2D eigenvalue weighted by molar-refractivity contribution is 5.48. The van der Waals surface area contributed by atoms with Crippen LogP contribution < -0.4 is 4.74 Å². The highest BCUT2D eigenvalue weighted by Gasteiger charge is 2.37. The van der Waals surface area contributed by atoms with Gasteiger partial charge in [-0.15, -0.1) is 6.42 Å². The lowest BCUT2D eigenvalue weighted by Crippen LogP contribution is -2.31. The molecule has 2 heteroatoms. The van der Waals surface area contributed by atoms with Crippen molar-refractivity contribution in [2.45, 2.75) is 18.3 Å². The summed E-state index contributed by atoms with van der Waals surface area (Å²) in [5.74, 6) is 3.87. The Morgan fingerprint density at radius 3 is 1.97 bits per heavy atom. The number of likely N-dealkylation sites (N-methyl/N-ethyl adjacent to an activating group) is 1. The maximum absolute atomic E-state index is 6.11. The first-order chi connectivity index (χ1) is 14.1. The fourth-order valence-electron chi connectivity index (χ4n) is 3.77. The Labute approximate surface area is 175 Å². The Kier molecular flexibility index (Phi) is 6.75. The molecule has 2 atom stereocenters. The van der Waals surface area contributed by atoms with Crippen LogP contribution in [-0.2, 0) is 5.41 Å². The largest absolute Gasteiger partial charge is 0.492 e. The minimum absolute atomic E-state index is 0.0911. The third-order valence-corrected chi connectivity index (χ3v) is 5.51. The zero-order chi connectivity index (χ0) is 20.7. The molecule has 0 amide bonds. The Balaban J connectivity index is 1.99. The van der Waals surface area contributed by atoms with Crippen molar-refractivity contribution >= 4 is 0 Å². The Morgan fingerprint density at radius 1 is 0.862 bits per heavy atom. The molecule has 0 aliphatic rings. The van der Waals surface area contributed by atoms with Crippen LogP contribution in [-0.4, -0.2) is 32.1 Å². The molecule has 0 saturated carbocycles. The van der Waals surface area contributed by atoms with Crippen molar-refractivity contribution in [2.24, 2.45) is 0 Å². The van der Waals surface area contributed by atoms with E-state index < -0.39 is 0 Å². The molecule has 29 heavy (non-hydrogen) atoms. The van der Waals surface area contributed by atoms with Crippen LogP contribution in [0.4, 0.5) is 0 Å². The van der Waals surface area contributed by atoms with Crippen LogP contribution in [0.25, 0.3) is 0 Å². The lowest BCUT2D eigenvalue weighted by Gasteiger charge is -2.37. The van der Waals surface area contributed by atoms with E-state index in [2.05, 4.69) is 66.3 Å². The van der Waals surface area contributed by atoms with Gasteiger partial charge in [0.1, 0.15) is 12.4 Å². The quantitative estimate of drug-likeness (QED) is 0.486. The van der Waals surface area contributed by atoms with E-state index >= 15 is 0 Å². The fourth-order valence-corrected chi connectivity index (χ4v) is 3.77. The van der Waals surface area contributed by atoms with E-state index in [4.69, 9.17) is 11.2 Å². The highest BCUT2D eigenvalue weighted by Crippen LogP contribution is 2.44. The number of benzene rings is 3. The van der Waals surface area contributed by atoms with Gasteiger partial charge in [-0.3, -0.25) is 0 Å². The summed E-state index contributed by atoms with van der Waals surface area (Å²) in [4.78, 5) is 2.11. The van der Waals surface area contributed by atoms with Gasteiger partial charge in [-0.05, 0) is 49.8 Å². The Hall–Kier alpha value is -3.02. The van der Waals surface area contributed by atoms with E-state index in [1.165, 1.54) is 11.1 Å². The molecule has 0 aliphatic carbocycles. The summed E-state index contributed by atoms with van der Waals surface area (Å²) < 4.78 is 5.88. The molecule has 0 heterocycles. The van der Waals surface area contributed by atoms with Gasteiger partial charge in [-0.25, -0.2) is 0 Å². The van der Waals surface area contributed by atoms with Crippen LogP contribution in [0.5, 0.6) is 5.75 Å². The second-order valence-corrected chi connectivity index (χ2v) is 7.75. The monoisotopic (exact) mass is 383 g/mol. The summed E-state index contributed by atoms with van der Waals surface area (Å²) in [6.45, 7) is 3.79. The van der Waals surface area contributed by atoms with E-state index in [0.29, 0.717) is 6.61 Å². The summed E-state index contributed by atoms with van der Waals surface area (Å²) in [6.07, 6.45) is 6.11. The maximum atomic E-state index is 6.11. The Bertz CT molecular complexity index is 926. The van der Waals surface area contributed by atoms with Crippen molar-refractivity contribution in [3.05, 3.63) is 102 Å². The number of nitrogens with zero attached hydrogens (tertiary/aromatic N) is 1. The second kappa shape index (κ2) is 9.45. The molecular formula is C27H29NO. The fraction of sp³-hybridized carbons (Fsp3) is 0.259. The van der Waals surface area contributed by atoms with Gasteiger partial charge in [0.05, 0.1) is 5.92 Å². The predicted molar refractivity (Wildman–Crippen MR) is 121 cm³/mol. The van der Waals surface area contributed by atoms with Crippen LogP contribution in [0.3, 0.4) is 0 Å². The van der Waals surface area contributed by atoms with E-state index in [-0.39, 0.29) is 11.3 Å². The number of hydrogen-bond acceptors (Lipinski definition) is 2. The van der Waals surface area contributed by atoms with Crippen molar-refractivity contribution in [3.63, 3.8) is 0 Å². The average molecular weight is 384 g/mol. The molecule has 0 radical (unpaired) electrons. The summed E-state index contributed by atoms with van der Waals surface area (Å²) in [7, 11) is 4.09. The molecule has 0 spiro atoms. The highest BCUT2D eigenvalue weighted by atomic mass is 16.5. The molecule has 0 fully saturated rings. The van der Waals surface area contributed by atoms with Gasteiger partial charge in [0.2, 0.25) is 0 Å². The Morgan fingerprint density at radius 2 is 1.41 bits per heavy atom. The molecule has 3 aromatic carbocycles. The van der Waals surface area contributed by atoms with Gasteiger partial charge in [0.15, 0.2) is 0 Å². The zero-order valence-electron chi connectivity index (χ0n) is 17.5. The molecule has 0 saturated heterocycles. The van der Waals surface area contributed by atoms with Crippen LogP contribution in [0.1, 0.15) is 29.5 Å². The van der Waals surface area contributed by atoms with Gasteiger partial charge < -0.3 is 9.64 Å². The molecule has 0 N–H and O–H groups in total. The van der Waals surface area contributed by atoms with Crippen molar-refractivity contribution in [1.82, 2.24) is 4.90 Å². The first kappa shape index (κ1) is 20.7. The molecule has 2 nitrogen and oxygen atoms in total. The standard InChI is InChI=1S/C27H29NO/c1-5-26(22-12-8-6-9-13-22)27(2,23-14-10-7-11-15-23)24-16-18-25(19-17-24)29-21-20-28(3)4/h1,6-19,26H,20-21H2,2-4H3. The van der Waals surface area contributed by atoms with Gasteiger partial charge in [0.25, 0.3) is 0 Å². The normalized spacial score (nSPS) is 14.0. The van der Waals surface area contributed by atoms with Gasteiger partial charge in [0, 0.05) is 12.0 Å². The lowest BCUT2D eigenvalue weighted by atomic mass is 9.65. The summed E-state index contributed by atoms with van der Waals surface area (Å²) in [5.41, 5.74) is 3.16. The van der Waals surface area contributed by atoms with Crippen molar-refractivity contribution in [2.75, 3.05) is 27.2 Å². The van der Waals surface area contributed by atoms with Crippen LogP contribution in [0.2, 0.25) is 0 Å². The number of rotatable bonds is 8. The van der Waals surface area contributed by atoms with Crippen LogP contribution in [0, 0.1) is 12.3 Å². The minimum atomic E-state index is -0.362. The summed E-state index contributed by atoms with van der Waals surface area (Å²) >= 11 is 0. The average Bonchev–Trinajstić information content (AvgIpc) is 2.76. The third kappa shape index (κ3) is 4.70. The van der Waals surface area contributed by atoms with Crippen molar-refractivity contribution in [1.29, 1.82) is 0 Å². The van der Waals surface area contributed by atoms with Crippen molar-refractivity contribution < 1.29 is 4.74 Å². The minimum Gasteiger partial charge on any atom is -0.492 e. The molecule has 0 aromatic heterocycles. The molecule has 3 aromatic rings. The molecule has 148 valence electrons. The van der Waals surface area contributed by atoms with Gasteiger partial charge >= 0.3 is 0 Å². The zero-order valence-corrected chi connectivity index (χ0v) is 17.5. The first-order valence-corrected chi connectivity index (χ1v) is 10.0. The van der Waals surface area contributed by atoms with Gasteiger partial charge in [-0.2, -0.15) is 0 Å². The molecule has 2 unspecified atom stereocenters. The van der Waals surface area contributed by atoms with E-state index in [9.17, 15) is 0 Å². The topological polar surface area (TPSA) is 12.5 Å². The van der Waals surface area contributed by atoms with Crippen molar-refractivity contribution in [3.8, 4) is 18.1 Å². The third-order valence-electron chi connectivity index (χ3n) is 5.51. The molecule has 0 aliphatic heterocycles.